The van der Waals surface area contributed by atoms with Crippen molar-refractivity contribution in [2.75, 3.05) is 13.2 Å². The molecule has 0 bridgehead atoms. The highest BCUT2D eigenvalue weighted by Gasteiger charge is 2.45. The van der Waals surface area contributed by atoms with Crippen LogP contribution in [0.5, 0.6) is 0 Å². The Balaban J connectivity index is 1.50. The summed E-state index contributed by atoms with van der Waals surface area (Å²) in [6, 6.07) is 0. The predicted molar refractivity (Wildman–Crippen MR) is 132 cm³/mol. The van der Waals surface area contributed by atoms with E-state index in [4.69, 9.17) is 9.47 Å². The van der Waals surface area contributed by atoms with Gasteiger partial charge in [0.25, 0.3) is 0 Å². The quantitative estimate of drug-likeness (QED) is 0.382. The van der Waals surface area contributed by atoms with Crippen molar-refractivity contribution in [1.29, 1.82) is 0 Å². The van der Waals surface area contributed by atoms with Gasteiger partial charge < -0.3 is 9.47 Å². The fraction of sp³-hybridized carbons (Fsp3) is 0.724. The van der Waals surface area contributed by atoms with Gasteiger partial charge in [-0.2, -0.15) is 0 Å². The number of hydrogen-bond donors (Lipinski definition) is 0. The Morgan fingerprint density at radius 1 is 0.903 bits per heavy atom. The largest absolute Gasteiger partial charge is 0.352 e. The third kappa shape index (κ3) is 6.68. The van der Waals surface area contributed by atoms with Crippen molar-refractivity contribution in [2.45, 2.75) is 99.2 Å². The molecule has 174 valence electrons. The van der Waals surface area contributed by atoms with Crippen LogP contribution in [-0.4, -0.2) is 19.5 Å². The van der Waals surface area contributed by atoms with E-state index in [0.717, 1.165) is 26.1 Å². The summed E-state index contributed by atoms with van der Waals surface area (Å²) in [7, 11) is 0. The van der Waals surface area contributed by atoms with Crippen LogP contribution in [0.3, 0.4) is 0 Å². The molecule has 0 N–H and O–H groups in total. The van der Waals surface area contributed by atoms with Gasteiger partial charge >= 0.3 is 0 Å². The Morgan fingerprint density at radius 2 is 1.48 bits per heavy atom. The highest BCUT2D eigenvalue weighted by molar-refractivity contribution is 5.14. The van der Waals surface area contributed by atoms with Crippen LogP contribution in [0, 0.1) is 23.2 Å². The summed E-state index contributed by atoms with van der Waals surface area (Å²) in [4.78, 5) is 0. The first-order valence-corrected chi connectivity index (χ1v) is 12.6. The molecule has 2 aliphatic carbocycles. The van der Waals surface area contributed by atoms with Gasteiger partial charge in [-0.3, -0.25) is 0 Å². The molecule has 3 atom stereocenters. The van der Waals surface area contributed by atoms with Crippen LogP contribution in [0.1, 0.15) is 92.9 Å². The van der Waals surface area contributed by atoms with Gasteiger partial charge in [-0.05, 0) is 90.9 Å². The fourth-order valence-corrected chi connectivity index (χ4v) is 5.54. The summed E-state index contributed by atoms with van der Waals surface area (Å²) in [5.41, 5.74) is 6.28. The molecule has 2 heteroatoms. The monoisotopic (exact) mass is 426 g/mol. The predicted octanol–water partition coefficient (Wildman–Crippen LogP) is 8.17. The molecule has 1 aliphatic heterocycles. The lowest BCUT2D eigenvalue weighted by atomic mass is 9.67. The molecule has 3 rings (SSSR count). The topological polar surface area (TPSA) is 18.5 Å². The zero-order chi connectivity index (χ0) is 22.4. The third-order valence-corrected chi connectivity index (χ3v) is 7.86. The first-order chi connectivity index (χ1) is 14.8. The molecule has 3 aliphatic rings. The van der Waals surface area contributed by atoms with Gasteiger partial charge in [0.2, 0.25) is 0 Å². The second kappa shape index (κ2) is 11.1. The van der Waals surface area contributed by atoms with Crippen LogP contribution in [0.25, 0.3) is 0 Å². The summed E-state index contributed by atoms with van der Waals surface area (Å²) in [6.45, 7) is 15.3. The van der Waals surface area contributed by atoms with E-state index in [1.807, 2.05) is 0 Å². The molecular formula is C29H46O2. The minimum Gasteiger partial charge on any atom is -0.352 e. The van der Waals surface area contributed by atoms with Gasteiger partial charge in [-0.15, -0.1) is 0 Å². The lowest BCUT2D eigenvalue weighted by Gasteiger charge is -2.48. The molecule has 0 radical (unpaired) electrons. The van der Waals surface area contributed by atoms with E-state index in [1.54, 1.807) is 11.1 Å². The fourth-order valence-electron chi connectivity index (χ4n) is 5.54. The summed E-state index contributed by atoms with van der Waals surface area (Å²) in [5, 5.41) is 0. The van der Waals surface area contributed by atoms with Gasteiger partial charge in [-0.25, -0.2) is 0 Å². The van der Waals surface area contributed by atoms with Crippen molar-refractivity contribution in [3.8, 4) is 0 Å². The second-order valence-corrected chi connectivity index (χ2v) is 11.1. The van der Waals surface area contributed by atoms with Crippen molar-refractivity contribution in [1.82, 2.24) is 0 Å². The maximum absolute atomic E-state index is 6.45. The van der Waals surface area contributed by atoms with Crippen LogP contribution >= 0.6 is 0 Å². The highest BCUT2D eigenvalue weighted by atomic mass is 16.7. The number of allylic oxidation sites excluding steroid dienone is 8. The molecule has 1 spiro atoms. The Bertz CT molecular complexity index is 707. The molecule has 2 nitrogen and oxygen atoms in total. The van der Waals surface area contributed by atoms with E-state index >= 15 is 0 Å². The molecule has 0 aromatic carbocycles. The van der Waals surface area contributed by atoms with E-state index in [1.165, 1.54) is 49.7 Å². The number of hydrogen-bond acceptors (Lipinski definition) is 2. The highest BCUT2D eigenvalue weighted by Crippen LogP contribution is 2.46. The maximum Gasteiger partial charge on any atom is 0.160 e. The summed E-state index contributed by atoms with van der Waals surface area (Å²) >= 11 is 0. The molecule has 0 aromatic rings. The standard InChI is InChI=1S/C29H46O2/c1-21(2)9-7-11-25-13-14-27(23(5)17-25)28-30-19-29(20-31-28)16-15-26(18-24(29)6)12-8-10-22(3)4/h9-10,13,15,23-24,27-28H,7-8,11-12,14,16-20H2,1-6H3/t23-,24+,27-,28?,29?/m1/s1. The van der Waals surface area contributed by atoms with Gasteiger partial charge in [0.15, 0.2) is 6.29 Å². The maximum atomic E-state index is 6.45. The first kappa shape index (κ1) is 24.5. The van der Waals surface area contributed by atoms with Crippen molar-refractivity contribution < 1.29 is 9.47 Å². The van der Waals surface area contributed by atoms with Crippen molar-refractivity contribution >= 4 is 0 Å². The number of rotatable bonds is 7. The molecule has 31 heavy (non-hydrogen) atoms. The van der Waals surface area contributed by atoms with Crippen LogP contribution in [0.15, 0.2) is 46.6 Å². The molecule has 0 aromatic heterocycles. The van der Waals surface area contributed by atoms with Crippen LogP contribution in [0.2, 0.25) is 0 Å². The zero-order valence-electron chi connectivity index (χ0n) is 21.0. The minimum atomic E-state index is -0.0218. The first-order valence-electron chi connectivity index (χ1n) is 12.6. The molecule has 1 fully saturated rings. The van der Waals surface area contributed by atoms with Crippen molar-refractivity contribution in [2.24, 2.45) is 23.2 Å². The molecule has 0 saturated carbocycles. The third-order valence-electron chi connectivity index (χ3n) is 7.86. The van der Waals surface area contributed by atoms with Gasteiger partial charge in [0.1, 0.15) is 0 Å². The second-order valence-electron chi connectivity index (χ2n) is 11.1. The SMILES string of the molecule is CC(C)=CCCC1=CC[C@@H](C2OCC3(CC=C(CCC=C(C)C)C[C@@H]3C)CO2)[C@H](C)C1. The normalized spacial score (nSPS) is 33.5. The van der Waals surface area contributed by atoms with Crippen LogP contribution < -0.4 is 0 Å². The average Bonchev–Trinajstić information content (AvgIpc) is 2.71. The average molecular weight is 427 g/mol. The van der Waals surface area contributed by atoms with E-state index in [-0.39, 0.29) is 11.7 Å². The van der Waals surface area contributed by atoms with Crippen LogP contribution in [-0.2, 0) is 9.47 Å². The van der Waals surface area contributed by atoms with E-state index in [2.05, 4.69) is 65.8 Å². The Morgan fingerprint density at radius 3 is 2.00 bits per heavy atom. The van der Waals surface area contributed by atoms with E-state index < -0.39 is 0 Å². The van der Waals surface area contributed by atoms with E-state index in [0.29, 0.717) is 17.8 Å². The Labute approximate surface area is 191 Å². The lowest BCUT2D eigenvalue weighted by molar-refractivity contribution is -0.265. The van der Waals surface area contributed by atoms with Crippen molar-refractivity contribution in [3.05, 3.63) is 46.6 Å². The van der Waals surface area contributed by atoms with Gasteiger partial charge in [0.05, 0.1) is 13.2 Å². The molecular weight excluding hydrogens is 380 g/mol. The van der Waals surface area contributed by atoms with Crippen LogP contribution in [0.4, 0.5) is 0 Å². The summed E-state index contributed by atoms with van der Waals surface area (Å²) in [5.74, 6) is 1.76. The van der Waals surface area contributed by atoms with Gasteiger partial charge in [-0.1, -0.05) is 60.4 Å². The summed E-state index contributed by atoms with van der Waals surface area (Å²) in [6.07, 6.45) is 19.0. The lowest BCUT2D eigenvalue weighted by Crippen LogP contribution is -2.49. The smallest absolute Gasteiger partial charge is 0.160 e. The van der Waals surface area contributed by atoms with E-state index in [9.17, 15) is 0 Å². The zero-order valence-corrected chi connectivity index (χ0v) is 21.0. The summed E-state index contributed by atoms with van der Waals surface area (Å²) < 4.78 is 12.9. The van der Waals surface area contributed by atoms with Gasteiger partial charge in [0, 0.05) is 11.3 Å². The Hall–Kier alpha value is -1.12. The molecule has 0 amide bonds. The Kier molecular flexibility index (Phi) is 8.82. The molecule has 1 saturated heterocycles. The molecule has 1 heterocycles. The minimum absolute atomic E-state index is 0.0218. The molecule has 0 unspecified atom stereocenters. The van der Waals surface area contributed by atoms with Crippen molar-refractivity contribution in [3.63, 3.8) is 0 Å². The number of ether oxygens (including phenoxy) is 2.